The summed E-state index contributed by atoms with van der Waals surface area (Å²) in [4.78, 5) is 11.8. The van der Waals surface area contributed by atoms with E-state index in [1.807, 2.05) is 18.2 Å². The van der Waals surface area contributed by atoms with Crippen LogP contribution >= 0.6 is 15.9 Å². The minimum atomic E-state index is -0.0828. The second-order valence-electron chi connectivity index (χ2n) is 5.87. The summed E-state index contributed by atoms with van der Waals surface area (Å²) < 4.78 is 6.60. The van der Waals surface area contributed by atoms with Gasteiger partial charge in [-0.2, -0.15) is 0 Å². The quantitative estimate of drug-likeness (QED) is 0.754. The summed E-state index contributed by atoms with van der Waals surface area (Å²) in [6.45, 7) is 5.63. The number of hydrogen-bond acceptors (Lipinski definition) is 3. The van der Waals surface area contributed by atoms with E-state index in [-0.39, 0.29) is 12.5 Å². The maximum absolute atomic E-state index is 11.8. The first kappa shape index (κ1) is 16.3. The largest absolute Gasteiger partial charge is 0.482 e. The van der Waals surface area contributed by atoms with E-state index in [1.54, 1.807) is 0 Å². The van der Waals surface area contributed by atoms with Crippen LogP contribution in [-0.4, -0.2) is 25.1 Å². The Morgan fingerprint density at radius 3 is 2.86 bits per heavy atom. The number of para-hydroxylation sites is 1. The van der Waals surface area contributed by atoms with Crippen LogP contribution < -0.4 is 15.4 Å². The molecule has 5 heteroatoms. The number of carbonyl (C=O) groups excluding carboxylic acids is 1. The summed E-state index contributed by atoms with van der Waals surface area (Å²) in [5.41, 5.74) is 1.08. The Bertz CT molecular complexity index is 487. The van der Waals surface area contributed by atoms with Gasteiger partial charge in [0.05, 0.1) is 4.47 Å². The van der Waals surface area contributed by atoms with Crippen LogP contribution in [0.1, 0.15) is 32.3 Å². The van der Waals surface area contributed by atoms with Crippen LogP contribution in [0.5, 0.6) is 5.75 Å². The highest BCUT2D eigenvalue weighted by Gasteiger charge is 2.21. The van der Waals surface area contributed by atoms with Crippen molar-refractivity contribution in [3.8, 4) is 5.75 Å². The highest BCUT2D eigenvalue weighted by Crippen LogP contribution is 2.30. The molecule has 0 saturated heterocycles. The fourth-order valence-corrected chi connectivity index (χ4v) is 2.42. The van der Waals surface area contributed by atoms with Gasteiger partial charge in [0.25, 0.3) is 5.91 Å². The van der Waals surface area contributed by atoms with E-state index >= 15 is 0 Å². The molecule has 1 aromatic rings. The van der Waals surface area contributed by atoms with Crippen molar-refractivity contribution in [2.45, 2.75) is 39.3 Å². The van der Waals surface area contributed by atoms with Gasteiger partial charge in [-0.1, -0.05) is 26.0 Å². The van der Waals surface area contributed by atoms with Crippen LogP contribution in [0.2, 0.25) is 0 Å². The molecule has 0 aliphatic heterocycles. The number of amides is 1. The van der Waals surface area contributed by atoms with Gasteiger partial charge in [-0.25, -0.2) is 0 Å². The first-order valence-corrected chi connectivity index (χ1v) is 8.26. The molecule has 1 aliphatic rings. The zero-order valence-corrected chi connectivity index (χ0v) is 14.2. The lowest BCUT2D eigenvalue weighted by Gasteiger charge is -2.14. The molecule has 0 atom stereocenters. The van der Waals surface area contributed by atoms with Crippen molar-refractivity contribution in [2.24, 2.45) is 5.92 Å². The van der Waals surface area contributed by atoms with Crippen molar-refractivity contribution in [2.75, 3.05) is 13.2 Å². The van der Waals surface area contributed by atoms with Gasteiger partial charge < -0.3 is 15.4 Å². The SMILES string of the molecule is CC(C)CNC(=O)COc1c(Br)cccc1CNC1CC1. The third-order valence-corrected chi connectivity index (χ3v) is 3.89. The molecule has 2 rings (SSSR count). The molecule has 116 valence electrons. The summed E-state index contributed by atoms with van der Waals surface area (Å²) >= 11 is 3.50. The molecule has 0 bridgehead atoms. The number of benzene rings is 1. The third kappa shape index (κ3) is 5.67. The van der Waals surface area contributed by atoms with E-state index in [2.05, 4.69) is 40.4 Å². The van der Waals surface area contributed by atoms with Crippen LogP contribution in [0.15, 0.2) is 22.7 Å². The van der Waals surface area contributed by atoms with Crippen molar-refractivity contribution in [3.63, 3.8) is 0 Å². The Labute approximate surface area is 134 Å². The van der Waals surface area contributed by atoms with E-state index < -0.39 is 0 Å². The molecule has 0 aromatic heterocycles. The van der Waals surface area contributed by atoms with Crippen molar-refractivity contribution in [3.05, 3.63) is 28.2 Å². The standard InChI is InChI=1S/C16H23BrN2O2/c1-11(2)8-19-15(20)10-21-16-12(4-3-5-14(16)17)9-18-13-6-7-13/h3-5,11,13,18H,6-10H2,1-2H3,(H,19,20). The number of carbonyl (C=O) groups is 1. The van der Waals surface area contributed by atoms with Crippen LogP contribution in [0.4, 0.5) is 0 Å². The van der Waals surface area contributed by atoms with Gasteiger partial charge in [-0.05, 0) is 40.8 Å². The topological polar surface area (TPSA) is 50.4 Å². The van der Waals surface area contributed by atoms with Gasteiger partial charge >= 0.3 is 0 Å². The smallest absolute Gasteiger partial charge is 0.257 e. The lowest BCUT2D eigenvalue weighted by atomic mass is 10.2. The Morgan fingerprint density at radius 1 is 1.43 bits per heavy atom. The molecule has 0 radical (unpaired) electrons. The van der Waals surface area contributed by atoms with Crippen LogP contribution in [-0.2, 0) is 11.3 Å². The highest BCUT2D eigenvalue weighted by molar-refractivity contribution is 9.10. The molecule has 1 fully saturated rings. The Morgan fingerprint density at radius 2 is 2.19 bits per heavy atom. The van der Waals surface area contributed by atoms with Crippen LogP contribution in [0.3, 0.4) is 0 Å². The zero-order chi connectivity index (χ0) is 15.2. The van der Waals surface area contributed by atoms with Gasteiger partial charge in [-0.3, -0.25) is 4.79 Å². The third-order valence-electron chi connectivity index (χ3n) is 3.26. The average Bonchev–Trinajstić information content (AvgIpc) is 3.26. The second-order valence-corrected chi connectivity index (χ2v) is 6.72. The van der Waals surface area contributed by atoms with Crippen molar-refractivity contribution < 1.29 is 9.53 Å². The number of nitrogens with one attached hydrogen (secondary N) is 2. The van der Waals surface area contributed by atoms with E-state index in [9.17, 15) is 4.79 Å². The minimum Gasteiger partial charge on any atom is -0.482 e. The molecule has 0 spiro atoms. The Hall–Kier alpha value is -1.07. The van der Waals surface area contributed by atoms with Gasteiger partial charge in [0.2, 0.25) is 0 Å². The van der Waals surface area contributed by atoms with E-state index in [1.165, 1.54) is 12.8 Å². The maximum Gasteiger partial charge on any atom is 0.257 e. The van der Waals surface area contributed by atoms with Gasteiger partial charge in [-0.15, -0.1) is 0 Å². The number of ether oxygens (including phenoxy) is 1. The fourth-order valence-electron chi connectivity index (χ4n) is 1.90. The zero-order valence-electron chi connectivity index (χ0n) is 12.6. The Balaban J connectivity index is 1.89. The molecule has 21 heavy (non-hydrogen) atoms. The lowest BCUT2D eigenvalue weighted by molar-refractivity contribution is -0.123. The van der Waals surface area contributed by atoms with E-state index in [0.29, 0.717) is 18.5 Å². The normalized spacial score (nSPS) is 14.3. The summed E-state index contributed by atoms with van der Waals surface area (Å²) in [7, 11) is 0. The molecule has 1 aromatic carbocycles. The second kappa shape index (κ2) is 7.80. The number of halogens is 1. The summed E-state index contributed by atoms with van der Waals surface area (Å²) in [6, 6.07) is 6.59. The van der Waals surface area contributed by atoms with Crippen molar-refractivity contribution in [1.29, 1.82) is 0 Å². The van der Waals surface area contributed by atoms with Gasteiger partial charge in [0.1, 0.15) is 5.75 Å². The monoisotopic (exact) mass is 354 g/mol. The summed E-state index contributed by atoms with van der Waals surface area (Å²) in [6.07, 6.45) is 2.50. The molecular formula is C16H23BrN2O2. The Kier molecular flexibility index (Phi) is 6.06. The first-order chi connectivity index (χ1) is 10.1. The number of rotatable bonds is 8. The molecule has 0 heterocycles. The molecule has 1 amide bonds. The van der Waals surface area contributed by atoms with E-state index in [4.69, 9.17) is 4.74 Å². The molecule has 1 aliphatic carbocycles. The molecule has 4 nitrogen and oxygen atoms in total. The summed E-state index contributed by atoms with van der Waals surface area (Å²) in [5.74, 6) is 1.11. The van der Waals surface area contributed by atoms with Crippen LogP contribution in [0, 0.1) is 5.92 Å². The summed E-state index contributed by atoms with van der Waals surface area (Å²) in [5, 5.41) is 6.32. The molecule has 0 unspecified atom stereocenters. The van der Waals surface area contributed by atoms with Gasteiger partial charge in [0.15, 0.2) is 6.61 Å². The average molecular weight is 355 g/mol. The lowest BCUT2D eigenvalue weighted by Crippen LogP contribution is -2.32. The highest BCUT2D eigenvalue weighted by atomic mass is 79.9. The predicted molar refractivity (Wildman–Crippen MR) is 87.3 cm³/mol. The molecule has 2 N–H and O–H groups in total. The van der Waals surface area contributed by atoms with Gasteiger partial charge in [0, 0.05) is 24.7 Å². The molecule has 1 saturated carbocycles. The molecular weight excluding hydrogens is 332 g/mol. The predicted octanol–water partition coefficient (Wildman–Crippen LogP) is 2.85. The minimum absolute atomic E-state index is 0.0474. The van der Waals surface area contributed by atoms with E-state index in [0.717, 1.165) is 22.3 Å². The van der Waals surface area contributed by atoms with Crippen molar-refractivity contribution in [1.82, 2.24) is 10.6 Å². The maximum atomic E-state index is 11.8. The number of hydrogen-bond donors (Lipinski definition) is 2. The van der Waals surface area contributed by atoms with Crippen LogP contribution in [0.25, 0.3) is 0 Å². The first-order valence-electron chi connectivity index (χ1n) is 7.46. The van der Waals surface area contributed by atoms with Crippen molar-refractivity contribution >= 4 is 21.8 Å². The fraction of sp³-hybridized carbons (Fsp3) is 0.562.